The molecule has 2 aliphatic rings. The number of aromatic nitrogens is 2. The van der Waals surface area contributed by atoms with Crippen LogP contribution in [0.4, 0.5) is 16.2 Å². The lowest BCUT2D eigenvalue weighted by Gasteiger charge is -2.36. The molecule has 154 valence electrons. The molecule has 0 radical (unpaired) electrons. The van der Waals surface area contributed by atoms with Crippen molar-refractivity contribution < 1.29 is 9.18 Å². The molecule has 0 spiro atoms. The third kappa shape index (κ3) is 4.32. The van der Waals surface area contributed by atoms with Crippen molar-refractivity contribution in [1.29, 1.82) is 0 Å². The van der Waals surface area contributed by atoms with Crippen molar-refractivity contribution in [2.45, 2.75) is 6.92 Å². The van der Waals surface area contributed by atoms with Crippen LogP contribution in [-0.2, 0) is 0 Å². The first kappa shape index (κ1) is 19.6. The van der Waals surface area contributed by atoms with Crippen molar-refractivity contribution in [3.05, 3.63) is 47.4 Å². The van der Waals surface area contributed by atoms with Crippen LogP contribution in [0.5, 0.6) is 0 Å². The summed E-state index contributed by atoms with van der Waals surface area (Å²) in [6.45, 7) is 8.25. The number of carbonyl (C=O) groups is 1. The molecule has 1 aromatic carbocycles. The molecule has 0 saturated carbocycles. The van der Waals surface area contributed by atoms with E-state index in [-0.39, 0.29) is 11.5 Å². The van der Waals surface area contributed by atoms with Gasteiger partial charge in [0.2, 0.25) is 5.95 Å². The number of nitrogens with zero attached hydrogens (tertiary/aromatic N) is 6. The van der Waals surface area contributed by atoms with Gasteiger partial charge in [0, 0.05) is 64.1 Å². The van der Waals surface area contributed by atoms with Crippen molar-refractivity contribution in [3.8, 4) is 0 Å². The molecule has 1 aromatic heterocycles. The Kier molecular flexibility index (Phi) is 5.62. The van der Waals surface area contributed by atoms with Gasteiger partial charge in [-0.1, -0.05) is 12.1 Å². The van der Waals surface area contributed by atoms with Gasteiger partial charge >= 0.3 is 0 Å². The Labute approximate surface area is 170 Å². The summed E-state index contributed by atoms with van der Waals surface area (Å²) in [7, 11) is 2.14. The summed E-state index contributed by atoms with van der Waals surface area (Å²) >= 11 is 0. The Bertz CT molecular complexity index is 875. The first-order valence-corrected chi connectivity index (χ1v) is 10.1. The summed E-state index contributed by atoms with van der Waals surface area (Å²) in [6, 6.07) is 8.18. The van der Waals surface area contributed by atoms with E-state index in [1.54, 1.807) is 17.0 Å². The lowest BCUT2D eigenvalue weighted by Crippen LogP contribution is -2.49. The van der Waals surface area contributed by atoms with Crippen LogP contribution in [0.15, 0.2) is 30.3 Å². The summed E-state index contributed by atoms with van der Waals surface area (Å²) < 4.78 is 13.9. The standard InChI is InChI=1S/C21H27FN6O/c1-16-15-19(26-9-7-25(2)8-10-26)24-21(23-16)28-13-11-27(12-14-28)20(29)17-5-3-4-6-18(17)22/h3-6,15H,7-14H2,1-2H3. The number of anilines is 2. The van der Waals surface area contributed by atoms with Gasteiger partial charge in [-0.05, 0) is 26.1 Å². The normalized spacial score (nSPS) is 18.2. The van der Waals surface area contributed by atoms with E-state index >= 15 is 0 Å². The number of hydrogen-bond acceptors (Lipinski definition) is 6. The molecule has 0 bridgehead atoms. The summed E-state index contributed by atoms with van der Waals surface area (Å²) in [4.78, 5) is 30.5. The van der Waals surface area contributed by atoms with Gasteiger partial charge in [-0.15, -0.1) is 0 Å². The molecule has 2 aromatic rings. The monoisotopic (exact) mass is 398 g/mol. The number of hydrogen-bond donors (Lipinski definition) is 0. The van der Waals surface area contributed by atoms with E-state index in [1.165, 1.54) is 12.1 Å². The predicted molar refractivity (Wildman–Crippen MR) is 111 cm³/mol. The Morgan fingerprint density at radius 1 is 0.931 bits per heavy atom. The molecular formula is C21H27FN6O. The van der Waals surface area contributed by atoms with Crippen molar-refractivity contribution in [1.82, 2.24) is 19.8 Å². The SMILES string of the molecule is Cc1cc(N2CCN(C)CC2)nc(N2CCN(C(=O)c3ccccc3F)CC2)n1. The number of rotatable bonds is 3. The lowest BCUT2D eigenvalue weighted by atomic mass is 10.1. The van der Waals surface area contributed by atoms with Gasteiger partial charge in [0.05, 0.1) is 5.56 Å². The molecule has 3 heterocycles. The highest BCUT2D eigenvalue weighted by Crippen LogP contribution is 2.20. The quantitative estimate of drug-likeness (QED) is 0.784. The maximum atomic E-state index is 13.9. The summed E-state index contributed by atoms with van der Waals surface area (Å²) in [5.41, 5.74) is 1.07. The van der Waals surface area contributed by atoms with Crippen LogP contribution >= 0.6 is 0 Å². The minimum atomic E-state index is -0.473. The summed E-state index contributed by atoms with van der Waals surface area (Å²) in [6.07, 6.45) is 0. The minimum Gasteiger partial charge on any atom is -0.354 e. The highest BCUT2D eigenvalue weighted by molar-refractivity contribution is 5.94. The van der Waals surface area contributed by atoms with Crippen LogP contribution in [0.3, 0.4) is 0 Å². The van der Waals surface area contributed by atoms with Crippen molar-refractivity contribution in [2.24, 2.45) is 0 Å². The van der Waals surface area contributed by atoms with Crippen LogP contribution in [0, 0.1) is 12.7 Å². The summed E-state index contributed by atoms with van der Waals surface area (Å²) in [5, 5.41) is 0. The Balaban J connectivity index is 1.43. The third-order valence-corrected chi connectivity index (χ3v) is 5.61. The average molecular weight is 398 g/mol. The minimum absolute atomic E-state index is 0.130. The van der Waals surface area contributed by atoms with Crippen LogP contribution < -0.4 is 9.80 Å². The molecule has 2 aliphatic heterocycles. The molecule has 2 saturated heterocycles. The van der Waals surface area contributed by atoms with E-state index in [1.807, 2.05) is 13.0 Å². The molecule has 0 aliphatic carbocycles. The summed E-state index contributed by atoms with van der Waals surface area (Å²) in [5.74, 6) is 0.937. The molecule has 0 atom stereocenters. The molecular weight excluding hydrogens is 371 g/mol. The maximum Gasteiger partial charge on any atom is 0.256 e. The number of carbonyl (C=O) groups excluding carboxylic acids is 1. The predicted octanol–water partition coefficient (Wildman–Crippen LogP) is 1.64. The Hall–Kier alpha value is -2.74. The Morgan fingerprint density at radius 3 is 2.28 bits per heavy atom. The van der Waals surface area contributed by atoms with E-state index in [0.717, 1.165) is 37.7 Å². The molecule has 4 rings (SSSR count). The third-order valence-electron chi connectivity index (χ3n) is 5.61. The van der Waals surface area contributed by atoms with Gasteiger partial charge < -0.3 is 19.6 Å². The molecule has 1 amide bonds. The number of piperazine rings is 2. The number of likely N-dealkylation sites (N-methyl/N-ethyl adjacent to an activating group) is 1. The van der Waals surface area contributed by atoms with Gasteiger partial charge in [0.1, 0.15) is 11.6 Å². The zero-order chi connectivity index (χ0) is 20.4. The second-order valence-electron chi connectivity index (χ2n) is 7.72. The van der Waals surface area contributed by atoms with Crippen molar-refractivity contribution >= 4 is 17.7 Å². The molecule has 29 heavy (non-hydrogen) atoms. The van der Waals surface area contributed by atoms with Gasteiger partial charge in [0.25, 0.3) is 5.91 Å². The van der Waals surface area contributed by atoms with Gasteiger partial charge in [-0.3, -0.25) is 4.79 Å². The highest BCUT2D eigenvalue weighted by atomic mass is 19.1. The molecule has 2 fully saturated rings. The van der Waals surface area contributed by atoms with Crippen LogP contribution in [-0.4, -0.2) is 85.1 Å². The fraction of sp³-hybridized carbons (Fsp3) is 0.476. The Morgan fingerprint density at radius 2 is 1.59 bits per heavy atom. The number of benzene rings is 1. The first-order valence-electron chi connectivity index (χ1n) is 10.1. The highest BCUT2D eigenvalue weighted by Gasteiger charge is 2.26. The maximum absolute atomic E-state index is 13.9. The van der Waals surface area contributed by atoms with E-state index < -0.39 is 5.82 Å². The largest absolute Gasteiger partial charge is 0.354 e. The molecule has 7 nitrogen and oxygen atoms in total. The fourth-order valence-electron chi connectivity index (χ4n) is 3.79. The number of halogens is 1. The molecule has 0 N–H and O–H groups in total. The zero-order valence-corrected chi connectivity index (χ0v) is 17.0. The van der Waals surface area contributed by atoms with Crippen LogP contribution in [0.25, 0.3) is 0 Å². The second kappa shape index (κ2) is 8.32. The zero-order valence-electron chi connectivity index (χ0n) is 17.0. The van der Waals surface area contributed by atoms with E-state index in [4.69, 9.17) is 4.98 Å². The van der Waals surface area contributed by atoms with E-state index in [9.17, 15) is 9.18 Å². The number of amides is 1. The van der Waals surface area contributed by atoms with Gasteiger partial charge in [0.15, 0.2) is 0 Å². The number of aryl methyl sites for hydroxylation is 1. The van der Waals surface area contributed by atoms with Crippen molar-refractivity contribution in [2.75, 3.05) is 69.2 Å². The van der Waals surface area contributed by atoms with Gasteiger partial charge in [-0.2, -0.15) is 4.98 Å². The van der Waals surface area contributed by atoms with Gasteiger partial charge in [-0.25, -0.2) is 9.37 Å². The molecule has 8 heteroatoms. The topological polar surface area (TPSA) is 55.8 Å². The van der Waals surface area contributed by atoms with Crippen LogP contribution in [0.2, 0.25) is 0 Å². The van der Waals surface area contributed by atoms with E-state index in [2.05, 4.69) is 26.7 Å². The van der Waals surface area contributed by atoms with E-state index in [0.29, 0.717) is 32.1 Å². The smallest absolute Gasteiger partial charge is 0.256 e. The van der Waals surface area contributed by atoms with Crippen LogP contribution in [0.1, 0.15) is 16.1 Å². The first-order chi connectivity index (χ1) is 14.0. The fourth-order valence-corrected chi connectivity index (χ4v) is 3.79. The average Bonchev–Trinajstić information content (AvgIpc) is 2.74. The van der Waals surface area contributed by atoms with Crippen molar-refractivity contribution in [3.63, 3.8) is 0 Å². The lowest BCUT2D eigenvalue weighted by molar-refractivity contribution is 0.0741. The second-order valence-corrected chi connectivity index (χ2v) is 7.72. The molecule has 0 unspecified atom stereocenters.